The summed E-state index contributed by atoms with van der Waals surface area (Å²) in [5.41, 5.74) is 3.91. The number of carbonyl (C=O) groups is 1. The number of aryl methyl sites for hydroxylation is 1. The summed E-state index contributed by atoms with van der Waals surface area (Å²) in [5.74, 6) is 1.37. The molecule has 0 saturated heterocycles. The molecule has 0 saturated carbocycles. The molecule has 0 radical (unpaired) electrons. The molecule has 146 valence electrons. The van der Waals surface area contributed by atoms with Crippen LogP contribution in [-0.2, 0) is 6.42 Å². The zero-order valence-corrected chi connectivity index (χ0v) is 16.8. The first-order chi connectivity index (χ1) is 14.1. The van der Waals surface area contributed by atoms with Gasteiger partial charge in [-0.3, -0.25) is 4.79 Å². The number of H-pyrrole nitrogens is 1. The number of aromatic nitrogens is 1. The Bertz CT molecular complexity index is 1150. The van der Waals surface area contributed by atoms with Crippen molar-refractivity contribution in [3.8, 4) is 11.5 Å². The van der Waals surface area contributed by atoms with Gasteiger partial charge in [0.05, 0.1) is 0 Å². The van der Waals surface area contributed by atoms with Crippen molar-refractivity contribution in [1.82, 2.24) is 10.3 Å². The second kappa shape index (κ2) is 8.41. The summed E-state index contributed by atoms with van der Waals surface area (Å²) in [6.07, 6.45) is 2.69. The zero-order valence-electron chi connectivity index (χ0n) is 16.0. The van der Waals surface area contributed by atoms with Crippen LogP contribution in [0.25, 0.3) is 10.9 Å². The maximum Gasteiger partial charge on any atom is 0.251 e. The molecular formula is C24H21ClN2O2. The number of rotatable bonds is 6. The number of aromatic amines is 1. The van der Waals surface area contributed by atoms with E-state index in [9.17, 15) is 4.79 Å². The Morgan fingerprint density at radius 2 is 1.86 bits per heavy atom. The van der Waals surface area contributed by atoms with Crippen molar-refractivity contribution < 1.29 is 9.53 Å². The van der Waals surface area contributed by atoms with E-state index in [4.69, 9.17) is 16.3 Å². The molecule has 3 aromatic carbocycles. The largest absolute Gasteiger partial charge is 0.457 e. The van der Waals surface area contributed by atoms with Crippen LogP contribution in [0.2, 0.25) is 5.02 Å². The van der Waals surface area contributed by atoms with Gasteiger partial charge in [0.1, 0.15) is 11.5 Å². The Labute approximate surface area is 174 Å². The summed E-state index contributed by atoms with van der Waals surface area (Å²) in [5, 5.41) is 4.76. The Morgan fingerprint density at radius 1 is 1.03 bits per heavy atom. The molecule has 4 aromatic rings. The molecular weight excluding hydrogens is 384 g/mol. The van der Waals surface area contributed by atoms with Gasteiger partial charge in [-0.2, -0.15) is 0 Å². The number of amides is 1. The standard InChI is InChI=1S/C24H21ClN2O2/c1-16-3-2-4-21(13-16)29-20-8-5-17(6-9-20)24(28)26-12-11-18-15-27-23-10-7-19(25)14-22(18)23/h2-10,13-15,27H,11-12H2,1H3,(H,26,28). The lowest BCUT2D eigenvalue weighted by Crippen LogP contribution is -2.25. The van der Waals surface area contributed by atoms with Crippen LogP contribution in [0, 0.1) is 6.92 Å². The van der Waals surface area contributed by atoms with E-state index < -0.39 is 0 Å². The smallest absolute Gasteiger partial charge is 0.251 e. The molecule has 29 heavy (non-hydrogen) atoms. The second-order valence-electron chi connectivity index (χ2n) is 6.95. The van der Waals surface area contributed by atoms with E-state index in [0.717, 1.165) is 34.2 Å². The summed E-state index contributed by atoms with van der Waals surface area (Å²) in [6, 6.07) is 20.8. The fourth-order valence-electron chi connectivity index (χ4n) is 3.26. The fourth-order valence-corrected chi connectivity index (χ4v) is 3.43. The number of nitrogens with one attached hydrogen (secondary N) is 2. The number of halogens is 1. The zero-order chi connectivity index (χ0) is 20.2. The predicted octanol–water partition coefficient (Wildman–Crippen LogP) is 5.89. The van der Waals surface area contributed by atoms with Crippen molar-refractivity contribution in [3.05, 3.63) is 94.6 Å². The molecule has 4 nitrogen and oxygen atoms in total. The van der Waals surface area contributed by atoms with Crippen LogP contribution in [-0.4, -0.2) is 17.4 Å². The molecule has 0 unspecified atom stereocenters. The van der Waals surface area contributed by atoms with Gasteiger partial charge < -0.3 is 15.0 Å². The summed E-state index contributed by atoms with van der Waals surface area (Å²) in [7, 11) is 0. The molecule has 1 amide bonds. The van der Waals surface area contributed by atoms with Crippen LogP contribution in [0.15, 0.2) is 72.9 Å². The minimum absolute atomic E-state index is 0.107. The number of hydrogen-bond donors (Lipinski definition) is 2. The van der Waals surface area contributed by atoms with Crippen molar-refractivity contribution in [2.24, 2.45) is 0 Å². The molecule has 1 heterocycles. The summed E-state index contributed by atoms with van der Waals surface area (Å²) < 4.78 is 5.83. The highest BCUT2D eigenvalue weighted by Gasteiger charge is 2.08. The Kier molecular flexibility index (Phi) is 5.54. The van der Waals surface area contributed by atoms with Crippen LogP contribution in [0.4, 0.5) is 0 Å². The maximum absolute atomic E-state index is 12.4. The van der Waals surface area contributed by atoms with E-state index >= 15 is 0 Å². The first kappa shape index (κ1) is 19.1. The highest BCUT2D eigenvalue weighted by molar-refractivity contribution is 6.31. The van der Waals surface area contributed by atoms with E-state index in [0.29, 0.717) is 22.9 Å². The normalized spacial score (nSPS) is 10.8. The molecule has 2 N–H and O–H groups in total. The van der Waals surface area contributed by atoms with Crippen molar-refractivity contribution >= 4 is 28.4 Å². The van der Waals surface area contributed by atoms with E-state index in [2.05, 4.69) is 10.3 Å². The Balaban J connectivity index is 1.34. The maximum atomic E-state index is 12.4. The van der Waals surface area contributed by atoms with Gasteiger partial charge in [0.2, 0.25) is 0 Å². The summed E-state index contributed by atoms with van der Waals surface area (Å²) in [6.45, 7) is 2.56. The SMILES string of the molecule is Cc1cccc(Oc2ccc(C(=O)NCCc3c[nH]c4ccc(Cl)cc34)cc2)c1. The second-order valence-corrected chi connectivity index (χ2v) is 7.39. The lowest BCUT2D eigenvalue weighted by Gasteiger charge is -2.08. The molecule has 5 heteroatoms. The van der Waals surface area contributed by atoms with Gasteiger partial charge in [0.15, 0.2) is 0 Å². The number of hydrogen-bond acceptors (Lipinski definition) is 2. The number of ether oxygens (including phenoxy) is 1. The van der Waals surface area contributed by atoms with E-state index in [-0.39, 0.29) is 5.91 Å². The summed E-state index contributed by atoms with van der Waals surface area (Å²) >= 11 is 6.09. The van der Waals surface area contributed by atoms with Crippen LogP contribution in [0.5, 0.6) is 11.5 Å². The van der Waals surface area contributed by atoms with Crippen molar-refractivity contribution in [1.29, 1.82) is 0 Å². The first-order valence-electron chi connectivity index (χ1n) is 9.47. The molecule has 0 spiro atoms. The molecule has 0 bridgehead atoms. The predicted molar refractivity (Wildman–Crippen MR) is 117 cm³/mol. The van der Waals surface area contributed by atoms with Crippen molar-refractivity contribution in [2.75, 3.05) is 6.54 Å². The van der Waals surface area contributed by atoms with Gasteiger partial charge in [0.25, 0.3) is 5.91 Å². The minimum atomic E-state index is -0.107. The van der Waals surface area contributed by atoms with Crippen LogP contribution in [0.3, 0.4) is 0 Å². The molecule has 1 aromatic heterocycles. The minimum Gasteiger partial charge on any atom is -0.457 e. The summed E-state index contributed by atoms with van der Waals surface area (Å²) in [4.78, 5) is 15.7. The van der Waals surface area contributed by atoms with Gasteiger partial charge in [-0.1, -0.05) is 23.7 Å². The molecule has 0 atom stereocenters. The fraction of sp³-hybridized carbons (Fsp3) is 0.125. The van der Waals surface area contributed by atoms with E-state index in [1.54, 1.807) is 24.3 Å². The average molecular weight is 405 g/mol. The number of carbonyl (C=O) groups excluding carboxylic acids is 1. The lowest BCUT2D eigenvalue weighted by molar-refractivity contribution is 0.0954. The molecule has 0 aliphatic rings. The molecule has 0 aliphatic heterocycles. The average Bonchev–Trinajstić information content (AvgIpc) is 3.10. The third-order valence-electron chi connectivity index (χ3n) is 4.75. The van der Waals surface area contributed by atoms with E-state index in [1.807, 2.05) is 55.6 Å². The first-order valence-corrected chi connectivity index (χ1v) is 9.84. The number of fused-ring (bicyclic) bond motifs is 1. The van der Waals surface area contributed by atoms with Crippen molar-refractivity contribution in [2.45, 2.75) is 13.3 Å². The Hall–Kier alpha value is -3.24. The van der Waals surface area contributed by atoms with E-state index in [1.165, 1.54) is 0 Å². The van der Waals surface area contributed by atoms with Gasteiger partial charge in [-0.25, -0.2) is 0 Å². The third kappa shape index (κ3) is 4.61. The van der Waals surface area contributed by atoms with Crippen LogP contribution >= 0.6 is 11.6 Å². The quantitative estimate of drug-likeness (QED) is 0.420. The van der Waals surface area contributed by atoms with Gasteiger partial charge in [-0.05, 0) is 79.1 Å². The van der Waals surface area contributed by atoms with Gasteiger partial charge in [0, 0.05) is 34.2 Å². The van der Waals surface area contributed by atoms with Crippen LogP contribution in [0.1, 0.15) is 21.5 Å². The third-order valence-corrected chi connectivity index (χ3v) is 4.99. The molecule has 0 fully saturated rings. The molecule has 4 rings (SSSR count). The topological polar surface area (TPSA) is 54.1 Å². The van der Waals surface area contributed by atoms with Gasteiger partial charge in [-0.15, -0.1) is 0 Å². The number of benzene rings is 3. The highest BCUT2D eigenvalue weighted by atomic mass is 35.5. The monoisotopic (exact) mass is 404 g/mol. The highest BCUT2D eigenvalue weighted by Crippen LogP contribution is 2.23. The van der Waals surface area contributed by atoms with Crippen LogP contribution < -0.4 is 10.1 Å². The molecule has 0 aliphatic carbocycles. The lowest BCUT2D eigenvalue weighted by atomic mass is 10.1. The van der Waals surface area contributed by atoms with Gasteiger partial charge >= 0.3 is 0 Å². The Morgan fingerprint density at radius 3 is 2.66 bits per heavy atom. The van der Waals surface area contributed by atoms with Crippen molar-refractivity contribution in [3.63, 3.8) is 0 Å².